The molecular formula is C24H20FN3O4S2. The van der Waals surface area contributed by atoms with E-state index in [9.17, 15) is 14.0 Å². The molecule has 0 atom stereocenters. The standard InChI is InChI=1S/C24H20FN3O4S2/c1-14-21(34-22(26-14)16-8-10-17(25)11-9-16)23(30)32-12-18-13-33-24(27-18)28(15(2)29)19-6-4-5-7-20(19)31-3/h4-11,13H,12H2,1-3H3. The van der Waals surface area contributed by atoms with Gasteiger partial charge in [-0.1, -0.05) is 12.1 Å². The Morgan fingerprint density at radius 2 is 1.82 bits per heavy atom. The van der Waals surface area contributed by atoms with E-state index in [1.165, 1.54) is 53.7 Å². The first-order valence-electron chi connectivity index (χ1n) is 10.2. The second kappa shape index (κ2) is 10.1. The third-order valence-electron chi connectivity index (χ3n) is 4.80. The zero-order valence-corrected chi connectivity index (χ0v) is 20.2. The summed E-state index contributed by atoms with van der Waals surface area (Å²) in [6.07, 6.45) is 0. The molecule has 0 aliphatic carbocycles. The largest absolute Gasteiger partial charge is 0.495 e. The van der Waals surface area contributed by atoms with Crippen molar-refractivity contribution in [3.05, 3.63) is 76.0 Å². The van der Waals surface area contributed by atoms with Gasteiger partial charge in [0.25, 0.3) is 0 Å². The monoisotopic (exact) mass is 497 g/mol. The van der Waals surface area contributed by atoms with Crippen LogP contribution in [0.15, 0.2) is 53.9 Å². The molecule has 0 unspecified atom stereocenters. The predicted molar refractivity (Wildman–Crippen MR) is 129 cm³/mol. The number of halogens is 1. The smallest absolute Gasteiger partial charge is 0.350 e. The number of carbonyl (C=O) groups is 2. The molecule has 0 bridgehead atoms. The van der Waals surface area contributed by atoms with Crippen LogP contribution in [0.2, 0.25) is 0 Å². The van der Waals surface area contributed by atoms with Crippen LogP contribution >= 0.6 is 22.7 Å². The Morgan fingerprint density at radius 3 is 2.53 bits per heavy atom. The number of para-hydroxylation sites is 2. The van der Waals surface area contributed by atoms with Gasteiger partial charge in [0.1, 0.15) is 28.1 Å². The molecule has 0 saturated heterocycles. The van der Waals surface area contributed by atoms with Crippen molar-refractivity contribution in [2.75, 3.05) is 12.0 Å². The number of thiazole rings is 2. The van der Waals surface area contributed by atoms with Gasteiger partial charge in [-0.2, -0.15) is 0 Å². The Bertz CT molecular complexity index is 1330. The highest BCUT2D eigenvalue weighted by atomic mass is 32.1. The second-order valence-electron chi connectivity index (χ2n) is 7.16. The Balaban J connectivity index is 1.48. The van der Waals surface area contributed by atoms with Crippen molar-refractivity contribution >= 4 is 45.4 Å². The van der Waals surface area contributed by atoms with Crippen LogP contribution < -0.4 is 9.64 Å². The molecule has 4 aromatic rings. The second-order valence-corrected chi connectivity index (χ2v) is 9.00. The van der Waals surface area contributed by atoms with E-state index < -0.39 is 5.97 Å². The minimum Gasteiger partial charge on any atom is -0.495 e. The number of hydrogen-bond donors (Lipinski definition) is 0. The zero-order valence-electron chi connectivity index (χ0n) is 18.6. The SMILES string of the molecule is COc1ccccc1N(C(C)=O)c1nc(COC(=O)c2sc(-c3ccc(F)cc3)nc2C)cs1. The Labute approximate surface area is 203 Å². The third kappa shape index (κ3) is 4.97. The van der Waals surface area contributed by atoms with Gasteiger partial charge in [-0.25, -0.2) is 19.2 Å². The number of hydrogen-bond acceptors (Lipinski definition) is 8. The Hall–Kier alpha value is -3.63. The summed E-state index contributed by atoms with van der Waals surface area (Å²) in [5.74, 6) is -0.547. The minimum absolute atomic E-state index is 0.0593. The van der Waals surface area contributed by atoms with Crippen molar-refractivity contribution in [2.45, 2.75) is 20.5 Å². The number of nitrogens with zero attached hydrogens (tertiary/aromatic N) is 3. The molecule has 10 heteroatoms. The number of aryl methyl sites for hydroxylation is 1. The lowest BCUT2D eigenvalue weighted by molar-refractivity contribution is -0.115. The van der Waals surface area contributed by atoms with Gasteiger partial charge in [-0.05, 0) is 43.3 Å². The average molecular weight is 498 g/mol. The third-order valence-corrected chi connectivity index (χ3v) is 6.86. The van der Waals surface area contributed by atoms with Gasteiger partial charge in [0.2, 0.25) is 5.91 Å². The van der Waals surface area contributed by atoms with Crippen LogP contribution in [-0.4, -0.2) is 29.0 Å². The lowest BCUT2D eigenvalue weighted by atomic mass is 10.2. The van der Waals surface area contributed by atoms with E-state index in [0.717, 1.165) is 5.56 Å². The molecule has 34 heavy (non-hydrogen) atoms. The maximum absolute atomic E-state index is 13.2. The van der Waals surface area contributed by atoms with Gasteiger partial charge >= 0.3 is 5.97 Å². The number of esters is 1. The average Bonchev–Trinajstić information content (AvgIpc) is 3.45. The molecule has 0 N–H and O–H groups in total. The van der Waals surface area contributed by atoms with Crippen LogP contribution in [0.4, 0.5) is 15.2 Å². The number of aromatic nitrogens is 2. The fourth-order valence-corrected chi connectivity index (χ4v) is 5.02. The van der Waals surface area contributed by atoms with Crippen LogP contribution in [0.5, 0.6) is 5.75 Å². The molecule has 0 saturated carbocycles. The normalized spacial score (nSPS) is 10.7. The number of amides is 1. The molecule has 174 valence electrons. The van der Waals surface area contributed by atoms with E-state index in [1.807, 2.05) is 12.1 Å². The fraction of sp³-hybridized carbons (Fsp3) is 0.167. The maximum Gasteiger partial charge on any atom is 0.350 e. The van der Waals surface area contributed by atoms with Crippen molar-refractivity contribution in [1.82, 2.24) is 9.97 Å². The topological polar surface area (TPSA) is 81.6 Å². The fourth-order valence-electron chi connectivity index (χ4n) is 3.19. The van der Waals surface area contributed by atoms with Gasteiger partial charge in [-0.15, -0.1) is 22.7 Å². The number of anilines is 2. The van der Waals surface area contributed by atoms with E-state index in [1.54, 1.807) is 36.6 Å². The predicted octanol–water partition coefficient (Wildman–Crippen LogP) is 5.76. The maximum atomic E-state index is 13.2. The molecular weight excluding hydrogens is 477 g/mol. The first kappa shape index (κ1) is 23.5. The summed E-state index contributed by atoms with van der Waals surface area (Å²) >= 11 is 2.44. The van der Waals surface area contributed by atoms with Crippen LogP contribution in [0.3, 0.4) is 0 Å². The number of carbonyl (C=O) groups excluding carboxylic acids is 2. The van der Waals surface area contributed by atoms with E-state index in [0.29, 0.717) is 37.8 Å². The van der Waals surface area contributed by atoms with Gasteiger partial charge in [-0.3, -0.25) is 9.69 Å². The van der Waals surface area contributed by atoms with Crippen molar-refractivity contribution in [3.63, 3.8) is 0 Å². The van der Waals surface area contributed by atoms with Crippen molar-refractivity contribution < 1.29 is 23.5 Å². The molecule has 2 heterocycles. The van der Waals surface area contributed by atoms with E-state index in [2.05, 4.69) is 9.97 Å². The summed E-state index contributed by atoms with van der Waals surface area (Å²) in [4.78, 5) is 35.8. The Kier molecular flexibility index (Phi) is 6.99. The van der Waals surface area contributed by atoms with Crippen molar-refractivity contribution in [1.29, 1.82) is 0 Å². The summed E-state index contributed by atoms with van der Waals surface area (Å²) in [5.41, 5.74) is 2.34. The Morgan fingerprint density at radius 1 is 1.09 bits per heavy atom. The molecule has 7 nitrogen and oxygen atoms in total. The number of ether oxygens (including phenoxy) is 2. The van der Waals surface area contributed by atoms with Crippen molar-refractivity contribution in [3.8, 4) is 16.3 Å². The van der Waals surface area contributed by atoms with E-state index in [4.69, 9.17) is 9.47 Å². The highest BCUT2D eigenvalue weighted by Crippen LogP contribution is 2.35. The molecule has 0 spiro atoms. The molecule has 4 rings (SSSR count). The molecule has 0 aliphatic heterocycles. The summed E-state index contributed by atoms with van der Waals surface area (Å²) in [6, 6.07) is 13.1. The van der Waals surface area contributed by atoms with Gasteiger partial charge in [0.05, 0.1) is 24.2 Å². The zero-order chi connectivity index (χ0) is 24.2. The summed E-state index contributed by atoms with van der Waals surface area (Å²) in [5, 5.41) is 2.78. The molecule has 0 fully saturated rings. The number of benzene rings is 2. The quantitative estimate of drug-likeness (QED) is 0.302. The lowest BCUT2D eigenvalue weighted by Crippen LogP contribution is -2.23. The van der Waals surface area contributed by atoms with Crippen LogP contribution in [-0.2, 0) is 16.1 Å². The molecule has 0 aliphatic rings. The van der Waals surface area contributed by atoms with Crippen LogP contribution in [0, 0.1) is 12.7 Å². The minimum atomic E-state index is -0.522. The first-order valence-corrected chi connectivity index (χ1v) is 11.9. The van der Waals surface area contributed by atoms with Crippen LogP contribution in [0.25, 0.3) is 10.6 Å². The highest BCUT2D eigenvalue weighted by Gasteiger charge is 2.22. The lowest BCUT2D eigenvalue weighted by Gasteiger charge is -2.20. The van der Waals surface area contributed by atoms with Gasteiger partial charge in [0, 0.05) is 17.9 Å². The van der Waals surface area contributed by atoms with E-state index >= 15 is 0 Å². The summed E-state index contributed by atoms with van der Waals surface area (Å²) in [6.45, 7) is 3.11. The molecule has 1 amide bonds. The highest BCUT2D eigenvalue weighted by molar-refractivity contribution is 7.17. The van der Waals surface area contributed by atoms with Crippen molar-refractivity contribution in [2.24, 2.45) is 0 Å². The van der Waals surface area contributed by atoms with Crippen LogP contribution in [0.1, 0.15) is 28.0 Å². The van der Waals surface area contributed by atoms with E-state index in [-0.39, 0.29) is 18.3 Å². The summed E-state index contributed by atoms with van der Waals surface area (Å²) < 4.78 is 24.0. The molecule has 2 aromatic heterocycles. The first-order chi connectivity index (χ1) is 16.4. The van der Waals surface area contributed by atoms with Gasteiger partial charge in [0.15, 0.2) is 5.13 Å². The van der Waals surface area contributed by atoms with Gasteiger partial charge < -0.3 is 9.47 Å². The molecule has 2 aromatic carbocycles. The number of rotatable bonds is 7. The number of methoxy groups -OCH3 is 1. The summed E-state index contributed by atoms with van der Waals surface area (Å²) in [7, 11) is 1.53. The molecule has 0 radical (unpaired) electrons.